The molecule has 1 saturated heterocycles. The van der Waals surface area contributed by atoms with Crippen molar-refractivity contribution >= 4 is 22.4 Å². The van der Waals surface area contributed by atoms with Gasteiger partial charge in [0.25, 0.3) is 5.91 Å². The molecule has 1 fully saturated rings. The molecule has 0 radical (unpaired) electrons. The van der Waals surface area contributed by atoms with Crippen LogP contribution in [-0.4, -0.2) is 53.4 Å². The smallest absolute Gasteiger partial charge is 0.258 e. The monoisotopic (exact) mass is 368 g/mol. The maximum Gasteiger partial charge on any atom is 0.258 e. The fourth-order valence-corrected chi connectivity index (χ4v) is 3.22. The van der Waals surface area contributed by atoms with Crippen LogP contribution in [0.3, 0.4) is 0 Å². The molecular formula is C20H21FN4O2. The quantitative estimate of drug-likeness (QED) is 0.752. The van der Waals surface area contributed by atoms with E-state index < -0.39 is 0 Å². The van der Waals surface area contributed by atoms with Crippen LogP contribution in [0, 0.1) is 5.82 Å². The van der Waals surface area contributed by atoms with Gasteiger partial charge in [-0.15, -0.1) is 0 Å². The number of hydrogen-bond donors (Lipinski definition) is 1. The van der Waals surface area contributed by atoms with E-state index in [4.69, 9.17) is 4.74 Å². The van der Waals surface area contributed by atoms with Crippen molar-refractivity contribution in [2.24, 2.45) is 0 Å². The van der Waals surface area contributed by atoms with Crippen molar-refractivity contribution in [3.8, 4) is 0 Å². The Morgan fingerprint density at radius 2 is 2.04 bits per heavy atom. The predicted molar refractivity (Wildman–Crippen MR) is 101 cm³/mol. The molecule has 6 nitrogen and oxygen atoms in total. The Morgan fingerprint density at radius 3 is 2.89 bits per heavy atom. The molecule has 0 unspecified atom stereocenters. The highest BCUT2D eigenvalue weighted by Gasteiger charge is 2.13. The summed E-state index contributed by atoms with van der Waals surface area (Å²) in [5.74, 6) is -0.593. The minimum absolute atomic E-state index is 0.260. The number of ether oxygens (including phenoxy) is 1. The molecule has 2 heterocycles. The van der Waals surface area contributed by atoms with Crippen molar-refractivity contribution in [1.82, 2.24) is 14.7 Å². The van der Waals surface area contributed by atoms with E-state index in [9.17, 15) is 9.18 Å². The Balaban J connectivity index is 1.43. The van der Waals surface area contributed by atoms with Crippen molar-refractivity contribution in [3.63, 3.8) is 0 Å². The number of amides is 1. The SMILES string of the molecule is O=C(Nc1cccc2ccc(F)cc12)c1cnn(CCN2CCOCC2)c1. The highest BCUT2D eigenvalue weighted by molar-refractivity contribution is 6.08. The van der Waals surface area contributed by atoms with Gasteiger partial charge in [0, 0.05) is 36.9 Å². The van der Waals surface area contributed by atoms with Gasteiger partial charge in [-0.3, -0.25) is 14.4 Å². The number of carbonyl (C=O) groups is 1. The Kier molecular flexibility index (Phi) is 5.13. The molecule has 1 aliphatic rings. The van der Waals surface area contributed by atoms with Crippen LogP contribution in [0.25, 0.3) is 10.8 Å². The third kappa shape index (κ3) is 4.15. The van der Waals surface area contributed by atoms with Crippen LogP contribution in [-0.2, 0) is 11.3 Å². The van der Waals surface area contributed by atoms with Gasteiger partial charge in [-0.2, -0.15) is 5.10 Å². The van der Waals surface area contributed by atoms with Crippen molar-refractivity contribution in [2.75, 3.05) is 38.2 Å². The Hall–Kier alpha value is -2.77. The molecule has 4 rings (SSSR count). The van der Waals surface area contributed by atoms with Gasteiger partial charge < -0.3 is 10.1 Å². The van der Waals surface area contributed by atoms with Crippen LogP contribution in [0.1, 0.15) is 10.4 Å². The number of morpholine rings is 1. The van der Waals surface area contributed by atoms with Gasteiger partial charge in [-0.25, -0.2) is 4.39 Å². The molecule has 27 heavy (non-hydrogen) atoms. The lowest BCUT2D eigenvalue weighted by Gasteiger charge is -2.26. The first-order chi connectivity index (χ1) is 13.2. The fraction of sp³-hybridized carbons (Fsp3) is 0.300. The van der Waals surface area contributed by atoms with Crippen LogP contribution in [0.15, 0.2) is 48.8 Å². The van der Waals surface area contributed by atoms with Gasteiger partial charge >= 0.3 is 0 Å². The molecule has 1 amide bonds. The molecular weight excluding hydrogens is 347 g/mol. The van der Waals surface area contributed by atoms with Crippen LogP contribution in [0.5, 0.6) is 0 Å². The minimum Gasteiger partial charge on any atom is -0.379 e. The average molecular weight is 368 g/mol. The highest BCUT2D eigenvalue weighted by Crippen LogP contribution is 2.24. The maximum atomic E-state index is 13.6. The molecule has 2 aromatic carbocycles. The molecule has 1 N–H and O–H groups in total. The normalized spacial score (nSPS) is 15.1. The van der Waals surface area contributed by atoms with Gasteiger partial charge in [0.2, 0.25) is 0 Å². The summed E-state index contributed by atoms with van der Waals surface area (Å²) in [6.45, 7) is 4.96. The number of aromatic nitrogens is 2. The summed E-state index contributed by atoms with van der Waals surface area (Å²) in [5.41, 5.74) is 1.06. The van der Waals surface area contributed by atoms with Crippen LogP contribution < -0.4 is 5.32 Å². The Morgan fingerprint density at radius 1 is 1.19 bits per heavy atom. The zero-order valence-electron chi connectivity index (χ0n) is 14.9. The maximum absolute atomic E-state index is 13.6. The molecule has 0 bridgehead atoms. The Labute approximate surface area is 156 Å². The van der Waals surface area contributed by atoms with Crippen molar-refractivity contribution in [1.29, 1.82) is 0 Å². The van der Waals surface area contributed by atoms with E-state index in [0.717, 1.165) is 38.2 Å². The number of fused-ring (bicyclic) bond motifs is 1. The molecule has 0 saturated carbocycles. The number of nitrogens with zero attached hydrogens (tertiary/aromatic N) is 3. The van der Waals surface area contributed by atoms with Gasteiger partial charge in [-0.1, -0.05) is 18.2 Å². The largest absolute Gasteiger partial charge is 0.379 e. The summed E-state index contributed by atoms with van der Waals surface area (Å²) in [5, 5.41) is 8.68. The van der Waals surface area contributed by atoms with Gasteiger partial charge in [-0.05, 0) is 23.6 Å². The van der Waals surface area contributed by atoms with Crippen LogP contribution >= 0.6 is 0 Å². The second-order valence-electron chi connectivity index (χ2n) is 6.57. The van der Waals surface area contributed by atoms with Crippen LogP contribution in [0.2, 0.25) is 0 Å². The first-order valence-electron chi connectivity index (χ1n) is 9.01. The van der Waals surface area contributed by atoms with Crippen molar-refractivity contribution in [2.45, 2.75) is 6.54 Å². The summed E-state index contributed by atoms with van der Waals surface area (Å²) in [4.78, 5) is 14.9. The van der Waals surface area contributed by atoms with E-state index in [0.29, 0.717) is 23.2 Å². The standard InChI is InChI=1S/C20H21FN4O2/c21-17-5-4-15-2-1-3-19(18(15)12-17)23-20(26)16-13-22-25(14-16)7-6-24-8-10-27-11-9-24/h1-5,12-14H,6-11H2,(H,23,26). The van der Waals surface area contributed by atoms with E-state index >= 15 is 0 Å². The molecule has 1 aromatic heterocycles. The number of halogens is 1. The van der Waals surface area contributed by atoms with Gasteiger partial charge in [0.1, 0.15) is 5.82 Å². The molecule has 0 spiro atoms. The second-order valence-corrected chi connectivity index (χ2v) is 6.57. The lowest BCUT2D eigenvalue weighted by Crippen LogP contribution is -2.38. The molecule has 7 heteroatoms. The van der Waals surface area contributed by atoms with E-state index in [2.05, 4.69) is 15.3 Å². The summed E-state index contributed by atoms with van der Waals surface area (Å²) < 4.78 is 20.7. The molecule has 1 aliphatic heterocycles. The summed E-state index contributed by atoms with van der Waals surface area (Å²) in [6.07, 6.45) is 3.29. The number of nitrogens with one attached hydrogen (secondary N) is 1. The number of carbonyl (C=O) groups excluding carboxylic acids is 1. The van der Waals surface area contributed by atoms with E-state index in [1.807, 2.05) is 12.1 Å². The highest BCUT2D eigenvalue weighted by atomic mass is 19.1. The van der Waals surface area contributed by atoms with E-state index in [-0.39, 0.29) is 11.7 Å². The lowest BCUT2D eigenvalue weighted by atomic mass is 10.1. The topological polar surface area (TPSA) is 59.4 Å². The number of hydrogen-bond acceptors (Lipinski definition) is 4. The summed E-state index contributed by atoms with van der Waals surface area (Å²) >= 11 is 0. The first-order valence-corrected chi connectivity index (χ1v) is 9.01. The molecule has 140 valence electrons. The van der Waals surface area contributed by atoms with E-state index in [1.165, 1.54) is 12.1 Å². The second kappa shape index (κ2) is 7.85. The zero-order valence-corrected chi connectivity index (χ0v) is 14.9. The Bertz CT molecular complexity index is 950. The fourth-order valence-electron chi connectivity index (χ4n) is 3.22. The molecule has 0 aliphatic carbocycles. The number of benzene rings is 2. The number of anilines is 1. The van der Waals surface area contributed by atoms with Gasteiger partial charge in [0.05, 0.1) is 31.5 Å². The lowest BCUT2D eigenvalue weighted by molar-refractivity contribution is 0.0360. The molecule has 3 aromatic rings. The van der Waals surface area contributed by atoms with E-state index in [1.54, 1.807) is 29.2 Å². The summed E-state index contributed by atoms with van der Waals surface area (Å²) in [7, 11) is 0. The van der Waals surface area contributed by atoms with Crippen molar-refractivity contribution in [3.05, 3.63) is 60.2 Å². The average Bonchev–Trinajstić information content (AvgIpc) is 3.17. The zero-order chi connectivity index (χ0) is 18.6. The number of rotatable bonds is 5. The first kappa shape index (κ1) is 17.6. The molecule has 0 atom stereocenters. The summed E-state index contributed by atoms with van der Waals surface area (Å²) in [6, 6.07) is 10.0. The van der Waals surface area contributed by atoms with Gasteiger partial charge in [0.15, 0.2) is 0 Å². The third-order valence-corrected chi connectivity index (χ3v) is 4.74. The minimum atomic E-state index is -0.333. The predicted octanol–water partition coefficient (Wildman–Crippen LogP) is 2.76. The van der Waals surface area contributed by atoms with Crippen LogP contribution in [0.4, 0.5) is 10.1 Å². The third-order valence-electron chi connectivity index (χ3n) is 4.74. The van der Waals surface area contributed by atoms with Crippen molar-refractivity contribution < 1.29 is 13.9 Å².